The molecule has 0 aliphatic heterocycles. The second kappa shape index (κ2) is 5.36. The molecule has 0 heterocycles. The second-order valence-electron chi connectivity index (χ2n) is 8.46. The van der Waals surface area contributed by atoms with Crippen molar-refractivity contribution in [1.29, 1.82) is 0 Å². The van der Waals surface area contributed by atoms with Gasteiger partial charge < -0.3 is 9.84 Å². The van der Waals surface area contributed by atoms with Gasteiger partial charge in [-0.25, -0.2) is 4.79 Å². The molecule has 1 fully saturated rings. The summed E-state index contributed by atoms with van der Waals surface area (Å²) < 4.78 is 17.4. The minimum absolute atomic E-state index is 0.136. The van der Waals surface area contributed by atoms with E-state index in [1.54, 1.807) is 12.5 Å². The highest BCUT2D eigenvalue weighted by molar-refractivity contribution is 8.01. The first-order chi connectivity index (χ1) is 9.89. The van der Waals surface area contributed by atoms with E-state index in [-0.39, 0.29) is 17.1 Å². The Kier molecular flexibility index (Phi) is 4.27. The quantitative estimate of drug-likeness (QED) is 0.638. The number of aliphatic hydroxyl groups excluding tert-OH is 1. The SMILES string of the molecule is COC(=O)C1=C(O)C[C@@H]2CC(C)(C)C[C@@H]2[C@@]1(C)C[S+](C)(C)=O. The van der Waals surface area contributed by atoms with Crippen molar-refractivity contribution in [2.75, 3.05) is 25.4 Å². The molecule has 0 radical (unpaired) electrons. The van der Waals surface area contributed by atoms with Gasteiger partial charge in [-0.3, -0.25) is 0 Å². The van der Waals surface area contributed by atoms with Crippen LogP contribution >= 0.6 is 0 Å². The van der Waals surface area contributed by atoms with Gasteiger partial charge in [0.2, 0.25) is 0 Å². The first kappa shape index (κ1) is 17.5. The van der Waals surface area contributed by atoms with Gasteiger partial charge in [-0.2, -0.15) is 0 Å². The molecule has 0 aromatic rings. The molecule has 1 N–H and O–H groups in total. The third-order valence-electron chi connectivity index (χ3n) is 5.33. The van der Waals surface area contributed by atoms with Crippen LogP contribution in [0, 0.1) is 22.7 Å². The normalized spacial score (nSPS) is 34.5. The number of allylic oxidation sites excluding steroid dienone is 1. The fraction of sp³-hybridized carbons (Fsp3) is 0.824. The Bertz CT molecular complexity index is 557. The zero-order valence-corrected chi connectivity index (χ0v) is 15.4. The largest absolute Gasteiger partial charge is 0.512 e. The number of ether oxygens (including phenoxy) is 1. The van der Waals surface area contributed by atoms with Crippen molar-refractivity contribution in [3.05, 3.63) is 11.3 Å². The highest BCUT2D eigenvalue weighted by Crippen LogP contribution is 2.59. The monoisotopic (exact) mass is 329 g/mol. The maximum Gasteiger partial charge on any atom is 0.337 e. The average molecular weight is 329 g/mol. The lowest BCUT2D eigenvalue weighted by Crippen LogP contribution is -2.45. The minimum Gasteiger partial charge on any atom is -0.512 e. The van der Waals surface area contributed by atoms with E-state index in [4.69, 9.17) is 4.74 Å². The predicted molar refractivity (Wildman–Crippen MR) is 89.2 cm³/mol. The van der Waals surface area contributed by atoms with Crippen LogP contribution < -0.4 is 0 Å². The lowest BCUT2D eigenvalue weighted by molar-refractivity contribution is -0.138. The van der Waals surface area contributed by atoms with Gasteiger partial charge in [0.25, 0.3) is 0 Å². The van der Waals surface area contributed by atoms with Crippen LogP contribution in [0.4, 0.5) is 0 Å². The zero-order valence-electron chi connectivity index (χ0n) is 14.6. The van der Waals surface area contributed by atoms with Gasteiger partial charge in [0, 0.05) is 6.42 Å². The second-order valence-corrected chi connectivity index (χ2v) is 11.6. The number of esters is 1. The highest BCUT2D eigenvalue weighted by Gasteiger charge is 2.57. The van der Waals surface area contributed by atoms with Crippen molar-refractivity contribution in [2.45, 2.75) is 40.0 Å². The van der Waals surface area contributed by atoms with Gasteiger partial charge in [0.05, 0.1) is 28.0 Å². The molecule has 0 spiro atoms. The Morgan fingerprint density at radius 2 is 1.91 bits per heavy atom. The summed E-state index contributed by atoms with van der Waals surface area (Å²) in [5.74, 6) is 0.665. The molecule has 0 amide bonds. The maximum absolute atomic E-state index is 12.5. The van der Waals surface area contributed by atoms with Crippen LogP contribution in [0.15, 0.2) is 11.3 Å². The fourth-order valence-corrected chi connectivity index (χ4v) is 6.68. The predicted octanol–water partition coefficient (Wildman–Crippen LogP) is 3.19. The summed E-state index contributed by atoms with van der Waals surface area (Å²) >= 11 is 0. The summed E-state index contributed by atoms with van der Waals surface area (Å²) in [5.41, 5.74) is -0.0513. The van der Waals surface area contributed by atoms with Crippen molar-refractivity contribution in [1.82, 2.24) is 0 Å². The smallest absolute Gasteiger partial charge is 0.337 e. The van der Waals surface area contributed by atoms with Gasteiger partial charge in [0.1, 0.15) is 24.0 Å². The van der Waals surface area contributed by atoms with Gasteiger partial charge in [-0.05, 0) is 30.1 Å². The topological polar surface area (TPSA) is 63.6 Å². The van der Waals surface area contributed by atoms with Crippen molar-refractivity contribution in [3.8, 4) is 0 Å². The number of hydrogen-bond acceptors (Lipinski definition) is 4. The molecule has 5 heteroatoms. The Morgan fingerprint density at radius 3 is 2.41 bits per heavy atom. The van der Waals surface area contributed by atoms with E-state index in [0.717, 1.165) is 12.8 Å². The molecule has 22 heavy (non-hydrogen) atoms. The Morgan fingerprint density at radius 1 is 1.32 bits per heavy atom. The first-order valence-electron chi connectivity index (χ1n) is 7.82. The Hall–Kier alpha value is -0.840. The van der Waals surface area contributed by atoms with Crippen molar-refractivity contribution in [3.63, 3.8) is 0 Å². The molecule has 3 atom stereocenters. The molecular formula is C17H29O4S+. The van der Waals surface area contributed by atoms with Crippen LogP contribution in [-0.2, 0) is 23.7 Å². The molecule has 0 saturated heterocycles. The summed E-state index contributed by atoms with van der Waals surface area (Å²) in [7, 11) is -0.723. The van der Waals surface area contributed by atoms with E-state index < -0.39 is 21.3 Å². The minimum atomic E-state index is -2.06. The van der Waals surface area contributed by atoms with Gasteiger partial charge >= 0.3 is 5.97 Å². The summed E-state index contributed by atoms with van der Waals surface area (Å²) in [5, 5.41) is 10.5. The molecule has 1 saturated carbocycles. The highest BCUT2D eigenvalue weighted by atomic mass is 32.2. The Balaban J connectivity index is 2.55. The zero-order chi connectivity index (χ0) is 16.9. The summed E-state index contributed by atoms with van der Waals surface area (Å²) in [4.78, 5) is 12.3. The summed E-state index contributed by atoms with van der Waals surface area (Å²) in [6.45, 7) is 6.45. The molecule has 0 aromatic heterocycles. The molecule has 2 aliphatic carbocycles. The lowest BCUT2D eigenvalue weighted by atomic mass is 9.63. The fourth-order valence-electron chi connectivity index (χ4n) is 4.88. The van der Waals surface area contributed by atoms with Crippen molar-refractivity contribution < 1.29 is 18.8 Å². The number of carbonyl (C=O) groups excluding carboxylic acids is 1. The van der Waals surface area contributed by atoms with Gasteiger partial charge in [-0.1, -0.05) is 20.8 Å². The molecule has 126 valence electrons. The maximum atomic E-state index is 12.5. The molecule has 0 aromatic carbocycles. The van der Waals surface area contributed by atoms with Gasteiger partial charge in [-0.15, -0.1) is 4.21 Å². The number of carbonyl (C=O) groups is 1. The van der Waals surface area contributed by atoms with E-state index in [1.807, 2.05) is 6.92 Å². The third-order valence-corrected chi connectivity index (χ3v) is 6.62. The van der Waals surface area contributed by atoms with Crippen LogP contribution in [0.25, 0.3) is 0 Å². The van der Waals surface area contributed by atoms with Crippen molar-refractivity contribution in [2.24, 2.45) is 22.7 Å². The number of rotatable bonds is 3. The van der Waals surface area contributed by atoms with Crippen LogP contribution in [-0.4, -0.2) is 36.5 Å². The number of fused-ring (bicyclic) bond motifs is 1. The Labute approximate surface area is 134 Å². The van der Waals surface area contributed by atoms with E-state index in [2.05, 4.69) is 13.8 Å². The third kappa shape index (κ3) is 3.10. The molecule has 2 rings (SSSR count). The summed E-state index contributed by atoms with van der Waals surface area (Å²) in [6, 6.07) is 0. The lowest BCUT2D eigenvalue weighted by Gasteiger charge is -2.42. The van der Waals surface area contributed by atoms with Crippen LogP contribution in [0.2, 0.25) is 0 Å². The van der Waals surface area contributed by atoms with Crippen LogP contribution in [0.1, 0.15) is 40.0 Å². The molecule has 0 bridgehead atoms. The first-order valence-corrected chi connectivity index (χ1v) is 10.4. The van der Waals surface area contributed by atoms with Crippen molar-refractivity contribution >= 4 is 15.9 Å². The molecular weight excluding hydrogens is 300 g/mol. The molecule has 0 unspecified atom stereocenters. The van der Waals surface area contributed by atoms with E-state index >= 15 is 0 Å². The molecule has 4 nitrogen and oxygen atoms in total. The number of hydrogen-bond donors (Lipinski definition) is 1. The van der Waals surface area contributed by atoms with Gasteiger partial charge in [0.15, 0.2) is 0 Å². The number of methoxy groups -OCH3 is 1. The van der Waals surface area contributed by atoms with Crippen LogP contribution in [0.5, 0.6) is 0 Å². The van der Waals surface area contributed by atoms with E-state index in [9.17, 15) is 14.1 Å². The summed E-state index contributed by atoms with van der Waals surface area (Å²) in [6.07, 6.45) is 6.00. The van der Waals surface area contributed by atoms with Crippen LogP contribution in [0.3, 0.4) is 0 Å². The standard InChI is InChI=1S/C17H28O4S/c1-16(2)8-11-7-13(18)14(15(19)21-4)17(3,12(11)9-16)10-22(5,6)20/h11-12H,7-10H2,1-6H3/p+1/t11-,12+,17-/m1/s1. The number of aliphatic hydroxyl groups is 1. The van der Waals surface area contributed by atoms with E-state index in [1.165, 1.54) is 7.11 Å². The average Bonchev–Trinajstić information content (AvgIpc) is 2.61. The van der Waals surface area contributed by atoms with E-state index in [0.29, 0.717) is 23.7 Å². The molecule has 2 aliphatic rings.